The summed E-state index contributed by atoms with van der Waals surface area (Å²) >= 11 is 6.02. The Morgan fingerprint density at radius 1 is 1.47 bits per heavy atom. The van der Waals surface area contributed by atoms with Gasteiger partial charge in [-0.3, -0.25) is 9.48 Å². The highest BCUT2D eigenvalue weighted by Gasteiger charge is 2.11. The lowest BCUT2D eigenvalue weighted by Crippen LogP contribution is -2.05. The smallest absolute Gasteiger partial charge is 0.339 e. The van der Waals surface area contributed by atoms with Crippen LogP contribution in [0.25, 0.3) is 0 Å². The molecular weight excluding hydrogens is 268 g/mol. The Bertz CT molecular complexity index is 622. The van der Waals surface area contributed by atoms with E-state index in [4.69, 9.17) is 11.6 Å². The van der Waals surface area contributed by atoms with Gasteiger partial charge in [0, 0.05) is 6.20 Å². The van der Waals surface area contributed by atoms with E-state index < -0.39 is 5.97 Å². The van der Waals surface area contributed by atoms with E-state index in [1.807, 2.05) is 0 Å². The number of rotatable bonds is 4. The Kier molecular flexibility index (Phi) is 3.97. The summed E-state index contributed by atoms with van der Waals surface area (Å²) in [5.74, 6) is -0.473. The molecule has 19 heavy (non-hydrogen) atoms. The van der Waals surface area contributed by atoms with Crippen molar-refractivity contribution in [3.8, 4) is 0 Å². The molecule has 98 valence electrons. The molecule has 0 aliphatic rings. The van der Waals surface area contributed by atoms with Crippen molar-refractivity contribution in [1.82, 2.24) is 9.78 Å². The van der Waals surface area contributed by atoms with Crippen LogP contribution in [0.2, 0.25) is 5.02 Å². The molecule has 5 nitrogen and oxygen atoms in total. The molecule has 0 bridgehead atoms. The number of hydrogen-bond acceptors (Lipinski definition) is 4. The third-order valence-corrected chi connectivity index (χ3v) is 2.88. The Morgan fingerprint density at radius 3 is 2.84 bits per heavy atom. The molecule has 0 fully saturated rings. The van der Waals surface area contributed by atoms with E-state index in [0.717, 1.165) is 5.56 Å². The second-order valence-corrected chi connectivity index (χ2v) is 4.27. The van der Waals surface area contributed by atoms with Gasteiger partial charge in [-0.25, -0.2) is 4.79 Å². The molecule has 0 N–H and O–H groups in total. The van der Waals surface area contributed by atoms with Crippen molar-refractivity contribution < 1.29 is 14.3 Å². The molecule has 0 radical (unpaired) electrons. The Morgan fingerprint density at radius 2 is 2.26 bits per heavy atom. The third kappa shape index (κ3) is 3.00. The molecule has 0 aliphatic carbocycles. The minimum Gasteiger partial charge on any atom is -0.465 e. The molecule has 0 spiro atoms. The number of carbonyl (C=O) groups is 2. The fourth-order valence-electron chi connectivity index (χ4n) is 1.65. The van der Waals surface area contributed by atoms with Crippen LogP contribution in [-0.4, -0.2) is 29.1 Å². The SMILES string of the molecule is COC(=O)c1ccc(Cn2ccc(C=O)n2)cc1Cl. The average molecular weight is 279 g/mol. The summed E-state index contributed by atoms with van der Waals surface area (Å²) in [6.07, 6.45) is 2.38. The van der Waals surface area contributed by atoms with Crippen LogP contribution in [0.4, 0.5) is 0 Å². The first-order valence-corrected chi connectivity index (χ1v) is 5.87. The van der Waals surface area contributed by atoms with Crippen LogP contribution in [0.5, 0.6) is 0 Å². The van der Waals surface area contributed by atoms with Crippen molar-refractivity contribution in [1.29, 1.82) is 0 Å². The van der Waals surface area contributed by atoms with Gasteiger partial charge in [0.15, 0.2) is 6.29 Å². The number of methoxy groups -OCH3 is 1. The van der Waals surface area contributed by atoms with Crippen LogP contribution in [-0.2, 0) is 11.3 Å². The monoisotopic (exact) mass is 278 g/mol. The Labute approximate surface area is 114 Å². The number of esters is 1. The van der Waals surface area contributed by atoms with Crippen molar-refractivity contribution in [3.05, 3.63) is 52.3 Å². The maximum Gasteiger partial charge on any atom is 0.339 e. The molecule has 1 aromatic carbocycles. The highest BCUT2D eigenvalue weighted by atomic mass is 35.5. The highest BCUT2D eigenvalue weighted by Crippen LogP contribution is 2.19. The minimum atomic E-state index is -0.473. The number of carbonyl (C=O) groups excluding carboxylic acids is 2. The first-order chi connectivity index (χ1) is 9.13. The molecule has 1 heterocycles. The zero-order valence-corrected chi connectivity index (χ0v) is 10.9. The van der Waals surface area contributed by atoms with E-state index in [2.05, 4.69) is 9.84 Å². The topological polar surface area (TPSA) is 61.2 Å². The molecule has 2 rings (SSSR count). The van der Waals surface area contributed by atoms with Crippen molar-refractivity contribution in [2.24, 2.45) is 0 Å². The summed E-state index contributed by atoms with van der Waals surface area (Å²) in [5, 5.41) is 4.37. The second kappa shape index (κ2) is 5.67. The van der Waals surface area contributed by atoms with Gasteiger partial charge in [0.05, 0.1) is 24.2 Å². The summed E-state index contributed by atoms with van der Waals surface area (Å²) < 4.78 is 6.23. The lowest BCUT2D eigenvalue weighted by molar-refractivity contribution is 0.0601. The normalized spacial score (nSPS) is 10.2. The maximum atomic E-state index is 11.4. The molecule has 1 aromatic heterocycles. The number of ether oxygens (including phenoxy) is 1. The number of nitrogens with zero attached hydrogens (tertiary/aromatic N) is 2. The van der Waals surface area contributed by atoms with E-state index in [0.29, 0.717) is 29.1 Å². The fourth-order valence-corrected chi connectivity index (χ4v) is 1.93. The molecule has 0 aliphatic heterocycles. The largest absolute Gasteiger partial charge is 0.465 e. The van der Waals surface area contributed by atoms with Gasteiger partial charge in [-0.15, -0.1) is 0 Å². The van der Waals surface area contributed by atoms with Crippen LogP contribution in [0.15, 0.2) is 30.5 Å². The van der Waals surface area contributed by atoms with E-state index in [1.165, 1.54) is 7.11 Å². The molecule has 2 aromatic rings. The number of hydrogen-bond donors (Lipinski definition) is 0. The van der Waals surface area contributed by atoms with E-state index in [1.54, 1.807) is 35.1 Å². The molecule has 0 atom stereocenters. The summed E-state index contributed by atoms with van der Waals surface area (Å²) in [7, 11) is 1.30. The van der Waals surface area contributed by atoms with E-state index in [-0.39, 0.29) is 0 Å². The van der Waals surface area contributed by atoms with Crippen molar-refractivity contribution >= 4 is 23.9 Å². The molecule has 0 amide bonds. The summed E-state index contributed by atoms with van der Waals surface area (Å²) in [5.41, 5.74) is 1.57. The zero-order chi connectivity index (χ0) is 13.8. The van der Waals surface area contributed by atoms with Crippen LogP contribution in [0.3, 0.4) is 0 Å². The Balaban J connectivity index is 2.20. The minimum absolute atomic E-state index is 0.321. The predicted octanol–water partition coefficient (Wildman–Crippen LogP) is 2.18. The first-order valence-electron chi connectivity index (χ1n) is 5.49. The van der Waals surface area contributed by atoms with Gasteiger partial charge in [-0.05, 0) is 23.8 Å². The summed E-state index contributed by atoms with van der Waals surface area (Å²) in [6, 6.07) is 6.67. The standard InChI is InChI=1S/C13H11ClN2O3/c1-19-13(18)11-3-2-9(6-12(11)14)7-16-5-4-10(8-17)15-16/h2-6,8H,7H2,1H3. The number of aldehydes is 1. The lowest BCUT2D eigenvalue weighted by atomic mass is 10.1. The third-order valence-electron chi connectivity index (χ3n) is 2.57. The van der Waals surface area contributed by atoms with Gasteiger partial charge in [0.25, 0.3) is 0 Å². The van der Waals surface area contributed by atoms with Crippen molar-refractivity contribution in [3.63, 3.8) is 0 Å². The quantitative estimate of drug-likeness (QED) is 0.635. The Hall–Kier alpha value is -2.14. The molecular formula is C13H11ClN2O3. The van der Waals surface area contributed by atoms with Crippen LogP contribution in [0.1, 0.15) is 26.4 Å². The van der Waals surface area contributed by atoms with Gasteiger partial charge >= 0.3 is 5.97 Å². The van der Waals surface area contributed by atoms with Crippen LogP contribution in [0, 0.1) is 0 Å². The van der Waals surface area contributed by atoms with Gasteiger partial charge in [-0.1, -0.05) is 17.7 Å². The molecule has 6 heteroatoms. The van der Waals surface area contributed by atoms with Gasteiger partial charge < -0.3 is 4.74 Å². The van der Waals surface area contributed by atoms with Gasteiger partial charge in [-0.2, -0.15) is 5.10 Å². The highest BCUT2D eigenvalue weighted by molar-refractivity contribution is 6.33. The van der Waals surface area contributed by atoms with E-state index in [9.17, 15) is 9.59 Å². The molecule has 0 saturated heterocycles. The lowest BCUT2D eigenvalue weighted by Gasteiger charge is -2.06. The van der Waals surface area contributed by atoms with E-state index >= 15 is 0 Å². The molecule has 0 saturated carbocycles. The summed E-state index contributed by atoms with van der Waals surface area (Å²) in [4.78, 5) is 21.9. The number of benzene rings is 1. The maximum absolute atomic E-state index is 11.4. The van der Waals surface area contributed by atoms with Crippen LogP contribution < -0.4 is 0 Å². The fraction of sp³-hybridized carbons (Fsp3) is 0.154. The second-order valence-electron chi connectivity index (χ2n) is 3.86. The summed E-state index contributed by atoms with van der Waals surface area (Å²) in [6.45, 7) is 0.467. The predicted molar refractivity (Wildman–Crippen MR) is 69.5 cm³/mol. The van der Waals surface area contributed by atoms with Crippen molar-refractivity contribution in [2.45, 2.75) is 6.54 Å². The van der Waals surface area contributed by atoms with Gasteiger partial charge in [0.1, 0.15) is 5.69 Å². The molecule has 0 unspecified atom stereocenters. The first kappa shape index (κ1) is 13.3. The van der Waals surface area contributed by atoms with Gasteiger partial charge in [0.2, 0.25) is 0 Å². The average Bonchev–Trinajstić information content (AvgIpc) is 2.86. The number of aromatic nitrogens is 2. The van der Waals surface area contributed by atoms with Crippen LogP contribution >= 0.6 is 11.6 Å². The van der Waals surface area contributed by atoms with Crippen molar-refractivity contribution in [2.75, 3.05) is 7.11 Å². The number of halogens is 1. The zero-order valence-electron chi connectivity index (χ0n) is 10.2.